The van der Waals surface area contributed by atoms with Crippen LogP contribution in [0.1, 0.15) is 40.8 Å². The summed E-state index contributed by atoms with van der Waals surface area (Å²) in [4.78, 5) is 30.2. The van der Waals surface area contributed by atoms with Gasteiger partial charge in [0.05, 0.1) is 24.9 Å². The number of nitrogens with one attached hydrogen (secondary N) is 1. The molecule has 1 atom stereocenters. The zero-order valence-electron chi connectivity index (χ0n) is 20.0. The van der Waals surface area contributed by atoms with E-state index in [9.17, 15) is 4.79 Å². The van der Waals surface area contributed by atoms with Crippen LogP contribution in [0.5, 0.6) is 5.75 Å². The minimum absolute atomic E-state index is 0.162. The fourth-order valence-corrected chi connectivity index (χ4v) is 4.75. The molecule has 3 heterocycles. The highest BCUT2D eigenvalue weighted by atomic mass is 32.1. The first-order chi connectivity index (χ1) is 17.0. The second-order valence-electron chi connectivity index (χ2n) is 8.51. The van der Waals surface area contributed by atoms with E-state index in [-0.39, 0.29) is 11.8 Å². The van der Waals surface area contributed by atoms with Crippen molar-refractivity contribution in [1.29, 1.82) is 5.26 Å². The molecule has 0 spiro atoms. The van der Waals surface area contributed by atoms with Crippen molar-refractivity contribution in [3.8, 4) is 11.8 Å². The van der Waals surface area contributed by atoms with E-state index in [1.165, 1.54) is 11.3 Å². The number of nitrogens with zero attached hydrogens (tertiary/aromatic N) is 6. The summed E-state index contributed by atoms with van der Waals surface area (Å²) in [7, 11) is 1.74. The number of anilines is 2. The normalized spacial score (nSPS) is 15.9. The Morgan fingerprint density at radius 2 is 2.14 bits per heavy atom. The number of likely N-dealkylation sites (N-methyl/N-ethyl adjacent to an activating group) is 1. The summed E-state index contributed by atoms with van der Waals surface area (Å²) in [5.41, 5.74) is 1.35. The van der Waals surface area contributed by atoms with Crippen molar-refractivity contribution >= 4 is 28.2 Å². The predicted molar refractivity (Wildman–Crippen MR) is 135 cm³/mol. The first-order valence-electron chi connectivity index (χ1n) is 11.6. The number of para-hydroxylation sites is 1. The molecule has 0 bridgehead atoms. The summed E-state index contributed by atoms with van der Waals surface area (Å²) in [6.45, 7) is 4.92. The summed E-state index contributed by atoms with van der Waals surface area (Å²) in [5.74, 6) is 2.21. The van der Waals surface area contributed by atoms with Gasteiger partial charge in [0, 0.05) is 31.0 Å². The van der Waals surface area contributed by atoms with Crippen molar-refractivity contribution in [1.82, 2.24) is 24.8 Å². The minimum atomic E-state index is -0.162. The Bertz CT molecular complexity index is 1180. The monoisotopic (exact) mass is 491 g/mol. The van der Waals surface area contributed by atoms with Gasteiger partial charge in [-0.05, 0) is 38.4 Å². The lowest BCUT2D eigenvalue weighted by Crippen LogP contribution is -2.35. The molecule has 0 saturated carbocycles. The third kappa shape index (κ3) is 6.74. The third-order valence-electron chi connectivity index (χ3n) is 5.82. The van der Waals surface area contributed by atoms with Crippen molar-refractivity contribution < 1.29 is 9.53 Å². The number of carbonyl (C=O) groups is 1. The highest BCUT2D eigenvalue weighted by molar-refractivity contribution is 7.14. The Morgan fingerprint density at radius 3 is 2.94 bits per heavy atom. The van der Waals surface area contributed by atoms with E-state index in [0.29, 0.717) is 42.2 Å². The van der Waals surface area contributed by atoms with E-state index in [0.717, 1.165) is 37.4 Å². The van der Waals surface area contributed by atoms with E-state index in [1.807, 2.05) is 43.3 Å². The molecule has 0 aliphatic carbocycles. The Morgan fingerprint density at radius 1 is 1.31 bits per heavy atom. The lowest BCUT2D eigenvalue weighted by Gasteiger charge is -2.30. The maximum Gasteiger partial charge on any atom is 0.273 e. The lowest BCUT2D eigenvalue weighted by molar-refractivity contribution is 0.0769. The molecule has 35 heavy (non-hydrogen) atoms. The van der Waals surface area contributed by atoms with Crippen LogP contribution in [0.15, 0.2) is 41.8 Å². The standard InChI is InChI=1S/C25H29N7O2S/c1-18-27-21(19-7-6-11-32(16-19)12-10-26)15-23(28-18)30-25-29-22(17-35-25)24(33)31(2)13-14-34-20-8-4-3-5-9-20/h3-5,8-9,15,17,19H,6-7,11-14,16H2,1-2H3,(H,27,28,29,30)/t19-/m1/s1. The number of thiazole rings is 1. The first kappa shape index (κ1) is 24.6. The molecule has 1 fully saturated rings. The molecule has 1 aliphatic heterocycles. The van der Waals surface area contributed by atoms with E-state index < -0.39 is 0 Å². The summed E-state index contributed by atoms with van der Waals surface area (Å²) < 4.78 is 5.68. The quantitative estimate of drug-likeness (QED) is 0.450. The number of hydrogen-bond donors (Lipinski definition) is 1. The van der Waals surface area contributed by atoms with Gasteiger partial charge in [-0.15, -0.1) is 11.3 Å². The number of nitriles is 1. The van der Waals surface area contributed by atoms with Crippen LogP contribution in [0.4, 0.5) is 10.9 Å². The van der Waals surface area contributed by atoms with Crippen LogP contribution in [0.3, 0.4) is 0 Å². The molecule has 1 N–H and O–H groups in total. The number of amides is 1. The maximum absolute atomic E-state index is 12.8. The Kier molecular flexibility index (Phi) is 8.23. The van der Waals surface area contributed by atoms with Crippen LogP contribution < -0.4 is 10.1 Å². The Balaban J connectivity index is 1.35. The van der Waals surface area contributed by atoms with Gasteiger partial charge >= 0.3 is 0 Å². The molecule has 182 valence electrons. The zero-order chi connectivity index (χ0) is 24.6. The number of likely N-dealkylation sites (tertiary alicyclic amines) is 1. The highest BCUT2D eigenvalue weighted by Crippen LogP contribution is 2.28. The Hall–Kier alpha value is -3.55. The highest BCUT2D eigenvalue weighted by Gasteiger charge is 2.23. The zero-order valence-corrected chi connectivity index (χ0v) is 20.8. The van der Waals surface area contributed by atoms with Gasteiger partial charge < -0.3 is 15.0 Å². The average molecular weight is 492 g/mol. The number of carbonyl (C=O) groups excluding carboxylic acids is 1. The molecular formula is C25H29N7O2S. The van der Waals surface area contributed by atoms with Crippen LogP contribution in [-0.4, -0.2) is 70.5 Å². The number of aryl methyl sites for hydroxylation is 1. The van der Waals surface area contributed by atoms with Gasteiger partial charge in [-0.25, -0.2) is 15.0 Å². The van der Waals surface area contributed by atoms with Gasteiger partial charge in [0.25, 0.3) is 5.91 Å². The molecule has 0 radical (unpaired) electrons. The van der Waals surface area contributed by atoms with Crippen LogP contribution in [0.2, 0.25) is 0 Å². The smallest absolute Gasteiger partial charge is 0.273 e. The van der Waals surface area contributed by atoms with Crippen LogP contribution >= 0.6 is 11.3 Å². The molecule has 1 aliphatic rings. The van der Waals surface area contributed by atoms with Crippen molar-refractivity contribution in [3.63, 3.8) is 0 Å². The molecule has 1 aromatic carbocycles. The van der Waals surface area contributed by atoms with Crippen molar-refractivity contribution in [2.75, 3.05) is 45.2 Å². The van der Waals surface area contributed by atoms with Crippen LogP contribution in [0, 0.1) is 18.3 Å². The maximum atomic E-state index is 12.8. The van der Waals surface area contributed by atoms with Gasteiger partial charge in [-0.3, -0.25) is 9.69 Å². The minimum Gasteiger partial charge on any atom is -0.492 e. The molecule has 9 nitrogen and oxygen atoms in total. The van der Waals surface area contributed by atoms with Crippen LogP contribution in [0.25, 0.3) is 0 Å². The number of benzene rings is 1. The topological polar surface area (TPSA) is 107 Å². The molecule has 4 rings (SSSR count). The van der Waals surface area contributed by atoms with Gasteiger partial charge in [-0.1, -0.05) is 18.2 Å². The van der Waals surface area contributed by atoms with Crippen LogP contribution in [-0.2, 0) is 0 Å². The number of aromatic nitrogens is 3. The van der Waals surface area contributed by atoms with E-state index in [4.69, 9.17) is 10.00 Å². The fourth-order valence-electron chi connectivity index (χ4n) is 4.06. The summed E-state index contributed by atoms with van der Waals surface area (Å²) in [5, 5.41) is 14.6. The molecule has 1 saturated heterocycles. The lowest BCUT2D eigenvalue weighted by atomic mass is 9.94. The molecule has 0 unspecified atom stereocenters. The van der Waals surface area contributed by atoms with Crippen molar-refractivity contribution in [2.24, 2.45) is 0 Å². The van der Waals surface area contributed by atoms with E-state index in [2.05, 4.69) is 31.2 Å². The SMILES string of the molecule is Cc1nc(Nc2nc(C(=O)N(C)CCOc3ccccc3)cs2)cc([C@@H]2CCCN(CC#N)C2)n1. The number of hydrogen-bond acceptors (Lipinski definition) is 9. The second-order valence-corrected chi connectivity index (χ2v) is 9.37. The number of rotatable bonds is 9. The third-order valence-corrected chi connectivity index (χ3v) is 6.58. The molecule has 10 heteroatoms. The first-order valence-corrected chi connectivity index (χ1v) is 12.5. The molecule has 3 aromatic rings. The van der Waals surface area contributed by atoms with Gasteiger partial charge in [0.15, 0.2) is 5.13 Å². The predicted octanol–water partition coefficient (Wildman–Crippen LogP) is 3.84. The number of piperidine rings is 1. The molecule has 1 amide bonds. The summed E-state index contributed by atoms with van der Waals surface area (Å²) >= 11 is 1.36. The largest absolute Gasteiger partial charge is 0.492 e. The average Bonchev–Trinajstić information content (AvgIpc) is 3.32. The van der Waals surface area contributed by atoms with E-state index in [1.54, 1.807) is 17.3 Å². The van der Waals surface area contributed by atoms with E-state index >= 15 is 0 Å². The fraction of sp³-hybridized carbons (Fsp3) is 0.400. The molecular weight excluding hydrogens is 462 g/mol. The van der Waals surface area contributed by atoms with Crippen molar-refractivity contribution in [2.45, 2.75) is 25.7 Å². The van der Waals surface area contributed by atoms with Gasteiger partial charge in [-0.2, -0.15) is 5.26 Å². The summed E-state index contributed by atoms with van der Waals surface area (Å²) in [6.07, 6.45) is 2.08. The van der Waals surface area contributed by atoms with Gasteiger partial charge in [0.2, 0.25) is 0 Å². The number of ether oxygens (including phenoxy) is 1. The molecule has 2 aromatic heterocycles. The second kappa shape index (κ2) is 11.7. The van der Waals surface area contributed by atoms with Gasteiger partial charge in [0.1, 0.15) is 29.7 Å². The van der Waals surface area contributed by atoms with Crippen molar-refractivity contribution in [3.05, 3.63) is 59.0 Å². The Labute approximate surface area is 209 Å². The summed E-state index contributed by atoms with van der Waals surface area (Å²) in [6, 6.07) is 13.7.